The number of nitrogens with zero attached hydrogens (tertiary/aromatic N) is 5. The molecule has 4 rings (SSSR count). The van der Waals surface area contributed by atoms with Crippen molar-refractivity contribution in [1.29, 1.82) is 5.26 Å². The fourth-order valence-corrected chi connectivity index (χ4v) is 3.11. The van der Waals surface area contributed by atoms with Crippen LogP contribution in [-0.4, -0.2) is 26.1 Å². The van der Waals surface area contributed by atoms with E-state index < -0.39 is 11.6 Å². The zero-order valence-corrected chi connectivity index (χ0v) is 15.1. The Kier molecular flexibility index (Phi) is 4.75. The third kappa shape index (κ3) is 3.55. The van der Waals surface area contributed by atoms with Crippen LogP contribution in [0.1, 0.15) is 11.4 Å². The van der Waals surface area contributed by atoms with Gasteiger partial charge < -0.3 is 11.1 Å². The Labute approximate surface area is 164 Å². The van der Waals surface area contributed by atoms with E-state index in [1.54, 1.807) is 22.8 Å². The number of rotatable bonds is 5. The highest BCUT2D eigenvalue weighted by molar-refractivity contribution is 5.78. The van der Waals surface area contributed by atoms with Gasteiger partial charge in [-0.2, -0.15) is 5.26 Å². The average molecular weight is 391 g/mol. The summed E-state index contributed by atoms with van der Waals surface area (Å²) in [6.45, 7) is 0.367. The number of nitrogens with one attached hydrogen (secondary N) is 1. The monoisotopic (exact) mass is 391 g/mol. The number of nitrogens with two attached hydrogens (primary N) is 1. The number of anilines is 2. The van der Waals surface area contributed by atoms with Gasteiger partial charge in [-0.05, 0) is 30.3 Å². The van der Waals surface area contributed by atoms with Gasteiger partial charge in [0.25, 0.3) is 0 Å². The first kappa shape index (κ1) is 18.3. The Morgan fingerprint density at radius 1 is 1.10 bits per heavy atom. The number of hydrogen-bond acceptors (Lipinski definition) is 6. The lowest BCUT2D eigenvalue weighted by Gasteiger charge is -2.11. The minimum atomic E-state index is -0.408. The average Bonchev–Trinajstić information content (AvgIpc) is 3.05. The highest BCUT2D eigenvalue weighted by Crippen LogP contribution is 2.24. The molecule has 4 aromatic rings. The molecule has 144 valence electrons. The van der Waals surface area contributed by atoms with Crippen molar-refractivity contribution in [2.24, 2.45) is 0 Å². The van der Waals surface area contributed by atoms with E-state index in [1.165, 1.54) is 30.6 Å². The fraction of sp³-hybridized carbons (Fsp3) is 0.100. The number of halogens is 2. The van der Waals surface area contributed by atoms with Crippen molar-refractivity contribution in [3.63, 3.8) is 0 Å². The molecule has 0 unspecified atom stereocenters. The number of nitriles is 1. The molecule has 29 heavy (non-hydrogen) atoms. The summed E-state index contributed by atoms with van der Waals surface area (Å²) in [7, 11) is 0. The Balaban J connectivity index is 1.68. The first-order valence-corrected chi connectivity index (χ1v) is 8.74. The van der Waals surface area contributed by atoms with Gasteiger partial charge in [-0.3, -0.25) is 4.57 Å². The normalized spacial score (nSPS) is 10.8. The molecule has 2 heterocycles. The maximum atomic E-state index is 13.8. The van der Waals surface area contributed by atoms with Crippen molar-refractivity contribution < 1.29 is 8.78 Å². The van der Waals surface area contributed by atoms with Crippen LogP contribution in [-0.2, 0) is 6.42 Å². The van der Waals surface area contributed by atoms with E-state index in [9.17, 15) is 14.0 Å². The van der Waals surface area contributed by atoms with Gasteiger partial charge in [0.15, 0.2) is 0 Å². The molecule has 0 aliphatic heterocycles. The van der Waals surface area contributed by atoms with E-state index >= 15 is 0 Å². The van der Waals surface area contributed by atoms with E-state index in [-0.39, 0.29) is 11.4 Å². The summed E-state index contributed by atoms with van der Waals surface area (Å²) in [5.74, 6) is 0.200. The van der Waals surface area contributed by atoms with Gasteiger partial charge in [0.2, 0.25) is 0 Å². The zero-order chi connectivity index (χ0) is 20.4. The summed E-state index contributed by atoms with van der Waals surface area (Å²) in [5.41, 5.74) is 7.52. The molecule has 0 aliphatic carbocycles. The van der Waals surface area contributed by atoms with Crippen molar-refractivity contribution in [3.05, 3.63) is 71.8 Å². The maximum absolute atomic E-state index is 13.8. The summed E-state index contributed by atoms with van der Waals surface area (Å²) in [4.78, 5) is 12.4. The van der Waals surface area contributed by atoms with E-state index in [2.05, 4.69) is 20.3 Å². The molecule has 0 fully saturated rings. The molecule has 0 aliphatic rings. The van der Waals surface area contributed by atoms with Crippen LogP contribution in [0.5, 0.6) is 0 Å². The van der Waals surface area contributed by atoms with Gasteiger partial charge in [-0.15, -0.1) is 0 Å². The van der Waals surface area contributed by atoms with Crippen LogP contribution >= 0.6 is 0 Å². The van der Waals surface area contributed by atoms with E-state index in [1.807, 2.05) is 6.07 Å². The van der Waals surface area contributed by atoms with Gasteiger partial charge in [-0.25, -0.2) is 23.7 Å². The van der Waals surface area contributed by atoms with Gasteiger partial charge in [-0.1, -0.05) is 6.07 Å². The third-order valence-electron chi connectivity index (χ3n) is 4.38. The predicted molar refractivity (Wildman–Crippen MR) is 104 cm³/mol. The summed E-state index contributed by atoms with van der Waals surface area (Å²) in [5, 5.41) is 12.3. The maximum Gasteiger partial charge on any atom is 0.149 e. The molecule has 0 saturated heterocycles. The first-order chi connectivity index (χ1) is 14.1. The number of nitrogen functional groups attached to an aromatic ring is 1. The number of hydrogen-bond donors (Lipinski definition) is 2. The van der Waals surface area contributed by atoms with Gasteiger partial charge >= 0.3 is 0 Å². The van der Waals surface area contributed by atoms with Crippen molar-refractivity contribution in [3.8, 4) is 11.8 Å². The minimum Gasteiger partial charge on any atom is -0.382 e. The summed E-state index contributed by atoms with van der Waals surface area (Å²) in [6.07, 6.45) is 1.67. The van der Waals surface area contributed by atoms with Crippen LogP contribution in [0.15, 0.2) is 48.8 Å². The number of fused-ring (bicyclic) bond motifs is 1. The molecule has 0 amide bonds. The van der Waals surface area contributed by atoms with Crippen molar-refractivity contribution >= 4 is 22.7 Å². The van der Waals surface area contributed by atoms with Crippen molar-refractivity contribution in [1.82, 2.24) is 19.5 Å². The SMILES string of the molecule is N#Cc1c(N)ncnc1NCCc1nc2ccc(F)cc2n1-c1cccc(F)c1. The molecule has 0 spiro atoms. The lowest BCUT2D eigenvalue weighted by molar-refractivity contribution is 0.626. The minimum absolute atomic E-state index is 0.0903. The second kappa shape index (κ2) is 7.52. The Morgan fingerprint density at radius 3 is 2.72 bits per heavy atom. The summed E-state index contributed by atoms with van der Waals surface area (Å²) in [6, 6.07) is 12.3. The highest BCUT2D eigenvalue weighted by atomic mass is 19.1. The molecule has 2 aromatic heterocycles. The largest absolute Gasteiger partial charge is 0.382 e. The molecule has 7 nitrogen and oxygen atoms in total. The van der Waals surface area contributed by atoms with Crippen LogP contribution in [0, 0.1) is 23.0 Å². The number of benzene rings is 2. The van der Waals surface area contributed by atoms with E-state index in [0.717, 1.165) is 0 Å². The number of imidazole rings is 1. The van der Waals surface area contributed by atoms with Gasteiger partial charge in [0.1, 0.15) is 47.1 Å². The van der Waals surface area contributed by atoms with Gasteiger partial charge in [0, 0.05) is 19.0 Å². The first-order valence-electron chi connectivity index (χ1n) is 8.74. The molecule has 0 bridgehead atoms. The van der Waals surface area contributed by atoms with Crippen LogP contribution < -0.4 is 11.1 Å². The zero-order valence-electron chi connectivity index (χ0n) is 15.1. The number of aromatic nitrogens is 4. The summed E-state index contributed by atoms with van der Waals surface area (Å²) < 4.78 is 29.3. The molecule has 9 heteroatoms. The second-order valence-corrected chi connectivity index (χ2v) is 6.25. The van der Waals surface area contributed by atoms with Crippen LogP contribution in [0.25, 0.3) is 16.7 Å². The predicted octanol–water partition coefficient (Wildman–Crippen LogP) is 3.20. The standard InChI is InChI=1S/C20H15F2N7/c21-12-2-1-3-14(8-12)29-17-9-13(22)4-5-16(17)28-18(29)6-7-25-20-15(10-23)19(24)26-11-27-20/h1-5,8-9,11H,6-7H2,(H3,24,25,26,27). The van der Waals surface area contributed by atoms with Crippen LogP contribution in [0.2, 0.25) is 0 Å². The van der Waals surface area contributed by atoms with Crippen molar-refractivity contribution in [2.75, 3.05) is 17.6 Å². The second-order valence-electron chi connectivity index (χ2n) is 6.25. The molecule has 0 radical (unpaired) electrons. The fourth-order valence-electron chi connectivity index (χ4n) is 3.11. The molecular weight excluding hydrogens is 376 g/mol. The molecule has 3 N–H and O–H groups in total. The van der Waals surface area contributed by atoms with Crippen molar-refractivity contribution in [2.45, 2.75) is 6.42 Å². The third-order valence-corrected chi connectivity index (χ3v) is 4.38. The molecule has 2 aromatic carbocycles. The summed E-state index contributed by atoms with van der Waals surface area (Å²) >= 11 is 0. The Hall–Kier alpha value is -4.06. The Morgan fingerprint density at radius 2 is 1.93 bits per heavy atom. The Bertz CT molecular complexity index is 1240. The lowest BCUT2D eigenvalue weighted by Crippen LogP contribution is -2.12. The van der Waals surface area contributed by atoms with Gasteiger partial charge in [0.05, 0.1) is 16.7 Å². The molecule has 0 atom stereocenters. The van der Waals surface area contributed by atoms with E-state index in [0.29, 0.717) is 41.3 Å². The quantitative estimate of drug-likeness (QED) is 0.541. The molecular formula is C20H15F2N7. The smallest absolute Gasteiger partial charge is 0.149 e. The molecule has 0 saturated carbocycles. The van der Waals surface area contributed by atoms with E-state index in [4.69, 9.17) is 5.73 Å². The highest BCUT2D eigenvalue weighted by Gasteiger charge is 2.15. The van der Waals surface area contributed by atoms with Crippen LogP contribution in [0.4, 0.5) is 20.4 Å². The van der Waals surface area contributed by atoms with Crippen LogP contribution in [0.3, 0.4) is 0 Å². The lowest BCUT2D eigenvalue weighted by atomic mass is 10.2. The topological polar surface area (TPSA) is 105 Å².